The lowest BCUT2D eigenvalue weighted by Crippen LogP contribution is -2.34. The van der Waals surface area contributed by atoms with Crippen molar-refractivity contribution in [3.63, 3.8) is 0 Å². The molecule has 0 amide bonds. The summed E-state index contributed by atoms with van der Waals surface area (Å²) in [5.74, 6) is -0.453. The van der Waals surface area contributed by atoms with Crippen LogP contribution >= 0.6 is 0 Å². The molecule has 0 aliphatic rings. The average molecular weight is 384 g/mol. The van der Waals surface area contributed by atoms with Crippen LogP contribution < -0.4 is 27.6 Å². The molecule has 0 aliphatic carbocycles. The summed E-state index contributed by atoms with van der Waals surface area (Å²) in [6.45, 7) is 0.368. The van der Waals surface area contributed by atoms with Gasteiger partial charge < -0.3 is 31.5 Å². The van der Waals surface area contributed by atoms with E-state index in [4.69, 9.17) is 26.4 Å². The number of phenolic OH excluding ortho intramolecular Hbond substituents is 1. The van der Waals surface area contributed by atoms with Crippen molar-refractivity contribution in [2.45, 2.75) is 18.9 Å². The smallest absolute Gasteiger partial charge is 0.344 e. The van der Waals surface area contributed by atoms with E-state index in [2.05, 4.69) is 4.99 Å². The largest absolute Gasteiger partial charge is 0.508 e. The first-order valence-corrected chi connectivity index (χ1v) is 8.57. The molecule has 1 aromatic heterocycles. The van der Waals surface area contributed by atoms with Gasteiger partial charge in [-0.3, -0.25) is 4.99 Å². The molecule has 0 saturated heterocycles. The Morgan fingerprint density at radius 3 is 2.64 bits per heavy atom. The second kappa shape index (κ2) is 7.97. The van der Waals surface area contributed by atoms with Gasteiger partial charge in [0.25, 0.3) is 0 Å². The van der Waals surface area contributed by atoms with E-state index >= 15 is 0 Å². The molecule has 0 bridgehead atoms. The fourth-order valence-corrected chi connectivity index (χ4v) is 2.79. The van der Waals surface area contributed by atoms with Crippen molar-refractivity contribution in [3.8, 4) is 11.5 Å². The lowest BCUT2D eigenvalue weighted by Gasteiger charge is -2.11. The van der Waals surface area contributed by atoms with Gasteiger partial charge in [-0.25, -0.2) is 9.59 Å². The Labute approximate surface area is 159 Å². The summed E-state index contributed by atoms with van der Waals surface area (Å²) in [5, 5.41) is 11.1. The number of nitrogens with two attached hydrogens (primary N) is 3. The van der Waals surface area contributed by atoms with Gasteiger partial charge in [-0.05, 0) is 43.2 Å². The van der Waals surface area contributed by atoms with Gasteiger partial charge in [0.2, 0.25) is 0 Å². The van der Waals surface area contributed by atoms with Gasteiger partial charge in [-0.15, -0.1) is 0 Å². The number of aliphatic imine (C=N–C) groups is 1. The Bertz CT molecular complexity index is 1120. The first-order valence-electron chi connectivity index (χ1n) is 8.57. The summed E-state index contributed by atoms with van der Waals surface area (Å²) in [7, 11) is 0. The van der Waals surface area contributed by atoms with Crippen LogP contribution in [0.5, 0.6) is 11.5 Å². The number of fused-ring (bicyclic) bond motifs is 3. The minimum absolute atomic E-state index is 0.0171. The van der Waals surface area contributed by atoms with Gasteiger partial charge in [0.1, 0.15) is 23.1 Å². The van der Waals surface area contributed by atoms with E-state index in [0.29, 0.717) is 30.2 Å². The molecule has 146 valence electrons. The van der Waals surface area contributed by atoms with Crippen molar-refractivity contribution in [2.24, 2.45) is 22.2 Å². The molecule has 0 aliphatic heterocycles. The van der Waals surface area contributed by atoms with E-state index < -0.39 is 17.6 Å². The van der Waals surface area contributed by atoms with Gasteiger partial charge in [0.05, 0.1) is 5.39 Å². The average Bonchev–Trinajstić information content (AvgIpc) is 2.65. The summed E-state index contributed by atoms with van der Waals surface area (Å²) in [5.41, 5.74) is 15.9. The number of aromatic hydroxyl groups is 1. The summed E-state index contributed by atoms with van der Waals surface area (Å²) in [6, 6.07) is 8.32. The molecule has 7 N–H and O–H groups in total. The van der Waals surface area contributed by atoms with Crippen LogP contribution in [0.2, 0.25) is 0 Å². The fourth-order valence-electron chi connectivity index (χ4n) is 2.79. The van der Waals surface area contributed by atoms with Gasteiger partial charge in [-0.2, -0.15) is 0 Å². The van der Waals surface area contributed by atoms with E-state index in [-0.39, 0.29) is 28.4 Å². The van der Waals surface area contributed by atoms with Crippen molar-refractivity contribution in [1.82, 2.24) is 0 Å². The number of hydrogen-bond donors (Lipinski definition) is 4. The molecule has 3 aromatic rings. The van der Waals surface area contributed by atoms with Crippen LogP contribution in [0.25, 0.3) is 21.7 Å². The van der Waals surface area contributed by atoms with Crippen LogP contribution in [-0.2, 0) is 4.79 Å². The maximum Gasteiger partial charge on any atom is 0.344 e. The number of guanidine groups is 1. The number of ether oxygens (including phenoxy) is 1. The lowest BCUT2D eigenvalue weighted by molar-refractivity contribution is -0.136. The SMILES string of the molecule is NC(N)=NCCCC(N)C(=O)Oc1ccc2c(c1)oc(=O)c1cc(O)ccc12. The fraction of sp³-hybridized carbons (Fsp3) is 0.211. The van der Waals surface area contributed by atoms with E-state index in [1.807, 2.05) is 0 Å². The monoisotopic (exact) mass is 384 g/mol. The third kappa shape index (κ3) is 4.21. The van der Waals surface area contributed by atoms with Crippen molar-refractivity contribution in [1.29, 1.82) is 0 Å². The number of esters is 1. The molecule has 0 saturated carbocycles. The highest BCUT2D eigenvalue weighted by Crippen LogP contribution is 2.28. The molecular formula is C19H20N4O5. The van der Waals surface area contributed by atoms with Crippen molar-refractivity contribution >= 4 is 33.7 Å². The maximum atomic E-state index is 12.1. The zero-order chi connectivity index (χ0) is 20.3. The van der Waals surface area contributed by atoms with Gasteiger partial charge in [0, 0.05) is 23.4 Å². The van der Waals surface area contributed by atoms with E-state index in [1.54, 1.807) is 18.2 Å². The van der Waals surface area contributed by atoms with E-state index in [9.17, 15) is 14.7 Å². The normalized spacial score (nSPS) is 12.0. The minimum Gasteiger partial charge on any atom is -0.508 e. The van der Waals surface area contributed by atoms with Gasteiger partial charge >= 0.3 is 11.6 Å². The number of nitrogens with zero attached hydrogens (tertiary/aromatic N) is 1. The molecule has 1 heterocycles. The minimum atomic E-state index is -0.837. The predicted octanol–water partition coefficient (Wildman–Crippen LogP) is 0.938. The van der Waals surface area contributed by atoms with Crippen LogP contribution in [0.15, 0.2) is 50.6 Å². The number of hydrogen-bond acceptors (Lipinski definition) is 7. The van der Waals surface area contributed by atoms with Crippen molar-refractivity contribution in [2.75, 3.05) is 6.54 Å². The van der Waals surface area contributed by atoms with Gasteiger partial charge in [0.15, 0.2) is 5.96 Å². The third-order valence-corrected chi connectivity index (χ3v) is 4.16. The zero-order valence-electron chi connectivity index (χ0n) is 14.9. The third-order valence-electron chi connectivity index (χ3n) is 4.16. The van der Waals surface area contributed by atoms with Crippen molar-refractivity contribution < 1.29 is 19.1 Å². The number of phenols is 1. The first kappa shape index (κ1) is 19.2. The van der Waals surface area contributed by atoms with Crippen LogP contribution in [0.1, 0.15) is 12.8 Å². The number of carbonyl (C=O) groups excluding carboxylic acids is 1. The Balaban J connectivity index is 1.78. The van der Waals surface area contributed by atoms with Crippen LogP contribution in [-0.4, -0.2) is 29.6 Å². The van der Waals surface area contributed by atoms with Crippen molar-refractivity contribution in [3.05, 3.63) is 46.8 Å². The molecule has 0 spiro atoms. The number of rotatable bonds is 6. The summed E-state index contributed by atoms with van der Waals surface area (Å²) in [6.07, 6.45) is 0.881. The van der Waals surface area contributed by atoms with E-state index in [0.717, 1.165) is 0 Å². The highest BCUT2D eigenvalue weighted by Gasteiger charge is 2.17. The van der Waals surface area contributed by atoms with E-state index in [1.165, 1.54) is 18.2 Å². The van der Waals surface area contributed by atoms with Crippen LogP contribution in [0.4, 0.5) is 0 Å². The molecule has 0 fully saturated rings. The van der Waals surface area contributed by atoms with Crippen LogP contribution in [0.3, 0.4) is 0 Å². The number of carbonyl (C=O) groups is 1. The first-order chi connectivity index (χ1) is 13.3. The second-order valence-electron chi connectivity index (χ2n) is 6.25. The molecule has 1 unspecified atom stereocenters. The van der Waals surface area contributed by atoms with Crippen LogP contribution in [0, 0.1) is 0 Å². The molecule has 2 aromatic carbocycles. The molecule has 28 heavy (non-hydrogen) atoms. The number of benzene rings is 2. The topological polar surface area (TPSA) is 167 Å². The Kier molecular flexibility index (Phi) is 5.46. The lowest BCUT2D eigenvalue weighted by atomic mass is 10.1. The summed E-state index contributed by atoms with van der Waals surface area (Å²) in [4.78, 5) is 28.1. The molecule has 1 atom stereocenters. The summed E-state index contributed by atoms with van der Waals surface area (Å²) < 4.78 is 10.6. The summed E-state index contributed by atoms with van der Waals surface area (Å²) >= 11 is 0. The Morgan fingerprint density at radius 1 is 1.14 bits per heavy atom. The molecular weight excluding hydrogens is 364 g/mol. The second-order valence-corrected chi connectivity index (χ2v) is 6.25. The predicted molar refractivity (Wildman–Crippen MR) is 105 cm³/mol. The zero-order valence-corrected chi connectivity index (χ0v) is 14.9. The standard InChI is InChI=1S/C19H20N4O5/c20-15(2-1-7-23-19(21)22)18(26)27-11-4-6-13-12-5-3-10(24)8-14(12)17(25)28-16(13)9-11/h3-6,8-9,15,24H,1-2,7,20H2,(H4,21,22,23). The Morgan fingerprint density at radius 2 is 1.89 bits per heavy atom. The maximum absolute atomic E-state index is 12.1. The molecule has 9 nitrogen and oxygen atoms in total. The quantitative estimate of drug-likeness (QED) is 0.0926. The molecule has 0 radical (unpaired) electrons. The Hall–Kier alpha value is -3.59. The molecule has 3 rings (SSSR count). The van der Waals surface area contributed by atoms with Gasteiger partial charge in [-0.1, -0.05) is 0 Å². The highest BCUT2D eigenvalue weighted by atomic mass is 16.5. The highest BCUT2D eigenvalue weighted by molar-refractivity contribution is 6.05. The molecule has 9 heteroatoms.